The van der Waals surface area contributed by atoms with Crippen molar-refractivity contribution in [2.24, 2.45) is 10.9 Å². The first kappa shape index (κ1) is 28.1. The second kappa shape index (κ2) is 14.9. The van der Waals surface area contributed by atoms with Crippen LogP contribution < -0.4 is 10.6 Å². The molecular weight excluding hydrogens is 460 g/mol. The summed E-state index contributed by atoms with van der Waals surface area (Å²) in [6, 6.07) is 0.0458. The summed E-state index contributed by atoms with van der Waals surface area (Å²) in [6.45, 7) is 8.06. The van der Waals surface area contributed by atoms with E-state index in [1.165, 1.54) is 25.7 Å². The van der Waals surface area contributed by atoms with Crippen LogP contribution in [0.4, 0.5) is 0 Å². The Balaban J connectivity index is 0.00000186. The van der Waals surface area contributed by atoms with Gasteiger partial charge in [-0.2, -0.15) is 0 Å². The van der Waals surface area contributed by atoms with Crippen molar-refractivity contribution in [1.82, 2.24) is 25.4 Å². The quantitative estimate of drug-likeness (QED) is 0.276. The molecule has 2 aliphatic carbocycles. The molecule has 2 fully saturated rings. The predicted octanol–water partition coefficient (Wildman–Crippen LogP) is 5.89. The second-order valence-corrected chi connectivity index (χ2v) is 9.24. The van der Waals surface area contributed by atoms with E-state index in [1.807, 2.05) is 81.9 Å². The van der Waals surface area contributed by atoms with Gasteiger partial charge in [-0.3, -0.25) is 9.79 Å². The van der Waals surface area contributed by atoms with Crippen molar-refractivity contribution in [2.75, 3.05) is 0 Å². The zero-order valence-corrected chi connectivity index (χ0v) is 22.7. The maximum atomic E-state index is 13.2. The third kappa shape index (κ3) is 9.16. The van der Waals surface area contributed by atoms with E-state index in [-0.39, 0.29) is 5.91 Å². The first-order valence-electron chi connectivity index (χ1n) is 13.7. The Morgan fingerprint density at radius 3 is 2.76 bits per heavy atom. The first-order chi connectivity index (χ1) is 18.2. The number of nitrogens with one attached hydrogen (secondary N) is 2. The Morgan fingerprint density at radius 1 is 1.24 bits per heavy atom. The van der Waals surface area contributed by atoms with Crippen LogP contribution in [0.15, 0.2) is 83.1 Å². The highest BCUT2D eigenvalue weighted by Gasteiger charge is 2.25. The summed E-state index contributed by atoms with van der Waals surface area (Å²) in [5, 5.41) is 14.6. The Kier molecular flexibility index (Phi) is 11.3. The van der Waals surface area contributed by atoms with E-state index in [9.17, 15) is 4.79 Å². The van der Waals surface area contributed by atoms with E-state index >= 15 is 0 Å². The van der Waals surface area contributed by atoms with E-state index in [2.05, 4.69) is 37.3 Å². The molecule has 0 saturated heterocycles. The Bertz CT molecular complexity index is 1090. The number of allylic oxidation sites excluding steroid dienone is 8. The molecule has 198 valence electrons. The lowest BCUT2D eigenvalue weighted by Gasteiger charge is -2.19. The summed E-state index contributed by atoms with van der Waals surface area (Å²) in [7, 11) is 0. The molecule has 0 radical (unpaired) electrons. The maximum absolute atomic E-state index is 13.2. The molecule has 4 rings (SSSR count). The molecule has 1 unspecified atom stereocenters. The molecule has 1 amide bonds. The van der Waals surface area contributed by atoms with E-state index in [4.69, 9.17) is 0 Å². The molecule has 1 aliphatic heterocycles. The van der Waals surface area contributed by atoms with Gasteiger partial charge in [0, 0.05) is 30.6 Å². The summed E-state index contributed by atoms with van der Waals surface area (Å²) in [5.74, 6) is 1.63. The number of hydrogen-bond donors (Lipinski definition) is 2. The van der Waals surface area contributed by atoms with Gasteiger partial charge >= 0.3 is 0 Å². The van der Waals surface area contributed by atoms with E-state index in [1.54, 1.807) is 6.33 Å². The van der Waals surface area contributed by atoms with Gasteiger partial charge in [0.05, 0.1) is 0 Å². The van der Waals surface area contributed by atoms with Crippen LogP contribution in [0, 0.1) is 5.92 Å². The summed E-state index contributed by atoms with van der Waals surface area (Å²) >= 11 is 0. The lowest BCUT2D eigenvalue weighted by Crippen LogP contribution is -2.41. The van der Waals surface area contributed by atoms with Crippen LogP contribution in [0.25, 0.3) is 0 Å². The van der Waals surface area contributed by atoms with Crippen LogP contribution in [0.3, 0.4) is 0 Å². The average Bonchev–Trinajstić information content (AvgIpc) is 3.88. The van der Waals surface area contributed by atoms with Crippen LogP contribution in [-0.2, 0) is 11.2 Å². The minimum atomic E-state index is -0.479. The third-order valence-electron chi connectivity index (χ3n) is 6.19. The summed E-state index contributed by atoms with van der Waals surface area (Å²) in [5.41, 5.74) is 2.72. The number of amides is 1. The highest BCUT2D eigenvalue weighted by Crippen LogP contribution is 2.35. The van der Waals surface area contributed by atoms with Gasteiger partial charge in [-0.05, 0) is 86.9 Å². The largest absolute Gasteiger partial charge is 0.376 e. The molecule has 0 aromatic carbocycles. The number of aliphatic imine (C=N–C) groups is 1. The van der Waals surface area contributed by atoms with Crippen molar-refractivity contribution in [3.05, 3.63) is 83.9 Å². The standard InChI is InChI=1S/C28H36N6O.C2H6/c1-3-5-7-24(10-13-27-33-31-20-34(27)25-11-12-25)32-28(35)26-18-22(15-17-30-26)23(6-4-2)19-29-16-14-21-8-9-21;1-2/h4-7,10,15-21,25-26,30H,3,8-9,11-14H2,1-2H3,(H,32,35);1-2H3/b6-4-,7-5-,23-19+,24-10+,29-16?;. The SMILES string of the molecule is C/C=C\C(=C/N=CCC1CC1)C1=CC(C(=O)NC(/C=C\CC)=C/Cc2nncn2C2CC2)NC=C1.CC. The molecule has 1 aromatic heterocycles. The molecule has 1 aromatic rings. The van der Waals surface area contributed by atoms with Gasteiger partial charge in [-0.25, -0.2) is 0 Å². The predicted molar refractivity (Wildman–Crippen MR) is 152 cm³/mol. The number of aromatic nitrogens is 3. The number of carbonyl (C=O) groups is 1. The minimum Gasteiger partial charge on any atom is -0.376 e. The number of carbonyl (C=O) groups excluding carboxylic acids is 1. The van der Waals surface area contributed by atoms with Gasteiger partial charge in [-0.15, -0.1) is 10.2 Å². The topological polar surface area (TPSA) is 84.2 Å². The van der Waals surface area contributed by atoms with Crippen molar-refractivity contribution >= 4 is 12.1 Å². The van der Waals surface area contributed by atoms with Crippen molar-refractivity contribution in [3.63, 3.8) is 0 Å². The highest BCUT2D eigenvalue weighted by molar-refractivity contribution is 5.86. The van der Waals surface area contributed by atoms with Crippen LogP contribution in [0.5, 0.6) is 0 Å². The molecular formula is C30H42N6O. The Hall–Kier alpha value is -3.48. The molecule has 3 aliphatic rings. The maximum Gasteiger partial charge on any atom is 0.250 e. The Morgan fingerprint density at radius 2 is 2.05 bits per heavy atom. The fourth-order valence-electron chi connectivity index (χ4n) is 3.86. The molecule has 1 atom stereocenters. The van der Waals surface area contributed by atoms with Crippen LogP contribution in [0.1, 0.15) is 78.1 Å². The molecule has 2 heterocycles. The number of nitrogens with zero attached hydrogens (tertiary/aromatic N) is 4. The summed E-state index contributed by atoms with van der Waals surface area (Å²) < 4.78 is 2.14. The molecule has 7 heteroatoms. The second-order valence-electron chi connectivity index (χ2n) is 9.24. The summed E-state index contributed by atoms with van der Waals surface area (Å²) in [4.78, 5) is 17.7. The zero-order chi connectivity index (χ0) is 26.5. The van der Waals surface area contributed by atoms with E-state index in [0.717, 1.165) is 41.4 Å². The average molecular weight is 503 g/mol. The minimum absolute atomic E-state index is 0.112. The van der Waals surface area contributed by atoms with Crippen LogP contribution in [-0.4, -0.2) is 32.9 Å². The van der Waals surface area contributed by atoms with E-state index < -0.39 is 6.04 Å². The van der Waals surface area contributed by atoms with Gasteiger partial charge in [-0.1, -0.05) is 45.1 Å². The van der Waals surface area contributed by atoms with Crippen molar-refractivity contribution in [2.45, 2.75) is 84.7 Å². The third-order valence-corrected chi connectivity index (χ3v) is 6.19. The highest BCUT2D eigenvalue weighted by atomic mass is 16.2. The molecule has 37 heavy (non-hydrogen) atoms. The molecule has 2 saturated carbocycles. The van der Waals surface area contributed by atoms with Gasteiger partial charge in [0.1, 0.15) is 18.2 Å². The fourth-order valence-corrected chi connectivity index (χ4v) is 3.86. The lowest BCUT2D eigenvalue weighted by atomic mass is 10.0. The molecule has 0 bridgehead atoms. The van der Waals surface area contributed by atoms with Crippen LogP contribution >= 0.6 is 0 Å². The first-order valence-corrected chi connectivity index (χ1v) is 13.7. The van der Waals surface area contributed by atoms with Gasteiger partial charge in [0.15, 0.2) is 0 Å². The number of rotatable bonds is 12. The van der Waals surface area contributed by atoms with Crippen molar-refractivity contribution in [3.8, 4) is 0 Å². The number of hydrogen-bond acceptors (Lipinski definition) is 5. The van der Waals surface area contributed by atoms with Crippen molar-refractivity contribution < 1.29 is 4.79 Å². The van der Waals surface area contributed by atoms with Gasteiger partial charge in [0.2, 0.25) is 0 Å². The fraction of sp³-hybridized carbons (Fsp3) is 0.467. The van der Waals surface area contributed by atoms with E-state index in [0.29, 0.717) is 12.5 Å². The van der Waals surface area contributed by atoms with Crippen molar-refractivity contribution in [1.29, 1.82) is 0 Å². The summed E-state index contributed by atoms with van der Waals surface area (Å²) in [6.07, 6.45) is 29.0. The normalized spacial score (nSPS) is 20.2. The Labute approximate surface area is 221 Å². The number of dihydropyridines is 1. The monoisotopic (exact) mass is 502 g/mol. The van der Waals surface area contributed by atoms with Crippen LogP contribution in [0.2, 0.25) is 0 Å². The smallest absolute Gasteiger partial charge is 0.250 e. The molecule has 0 spiro atoms. The zero-order valence-electron chi connectivity index (χ0n) is 22.7. The van der Waals surface area contributed by atoms with Gasteiger partial charge in [0.25, 0.3) is 5.91 Å². The van der Waals surface area contributed by atoms with Gasteiger partial charge < -0.3 is 15.2 Å². The molecule has 2 N–H and O–H groups in total. The molecule has 7 nitrogen and oxygen atoms in total. The lowest BCUT2D eigenvalue weighted by molar-refractivity contribution is -0.121.